The second-order valence-corrected chi connectivity index (χ2v) is 12.7. The number of hydrogen-bond donors (Lipinski definition) is 0. The van der Waals surface area contributed by atoms with Crippen molar-refractivity contribution < 1.29 is 68.5 Å². The van der Waals surface area contributed by atoms with E-state index in [4.69, 9.17) is 0 Å². The first-order chi connectivity index (χ1) is 18.0. The molecule has 0 aromatic heterocycles. The summed E-state index contributed by atoms with van der Waals surface area (Å²) in [5, 5.41) is 0. The predicted octanol–water partition coefficient (Wildman–Crippen LogP) is 8.05. The molecule has 224 valence electrons. The first-order valence-corrected chi connectivity index (χ1v) is 17.9. The largest absolute Gasteiger partial charge is 1.00 e. The summed E-state index contributed by atoms with van der Waals surface area (Å²) in [6.45, 7) is 4.59. The van der Waals surface area contributed by atoms with Gasteiger partial charge in [0.1, 0.15) is 0 Å². The molecule has 0 saturated heterocycles. The maximum atomic E-state index is 10.9. The average molecular weight is 585 g/mol. The van der Waals surface area contributed by atoms with Crippen LogP contribution in [0.15, 0.2) is 0 Å². The molecule has 0 aromatic carbocycles. The van der Waals surface area contributed by atoms with Crippen LogP contribution in [0.5, 0.6) is 0 Å². The van der Waals surface area contributed by atoms with Gasteiger partial charge in [-0.1, -0.05) is 181 Å². The Morgan fingerprint density at radius 3 is 0.947 bits per heavy atom. The van der Waals surface area contributed by atoms with Gasteiger partial charge in [0.25, 0.3) is 0 Å². The Balaban J connectivity index is 0. The molecule has 0 aromatic rings. The molecule has 38 heavy (non-hydrogen) atoms. The van der Waals surface area contributed by atoms with Gasteiger partial charge in [0, 0.05) is 0 Å². The van der Waals surface area contributed by atoms with E-state index in [9.17, 15) is 13.0 Å². The summed E-state index contributed by atoms with van der Waals surface area (Å²) in [6, 6.07) is 0. The van der Waals surface area contributed by atoms with Crippen molar-refractivity contribution in [3.63, 3.8) is 0 Å². The van der Waals surface area contributed by atoms with E-state index in [0.29, 0.717) is 0 Å². The maximum Gasteiger partial charge on any atom is 1.00 e. The molecule has 1 unspecified atom stereocenters. The molecule has 0 fully saturated rings. The molecule has 0 aliphatic rings. The predicted molar refractivity (Wildman–Crippen MR) is 160 cm³/mol. The molecule has 0 rings (SSSR count). The molecule has 0 aliphatic carbocycles. The zero-order valence-electron chi connectivity index (χ0n) is 26.1. The number of rotatable bonds is 31. The van der Waals surface area contributed by atoms with Crippen LogP contribution in [0.25, 0.3) is 0 Å². The van der Waals surface area contributed by atoms with E-state index in [2.05, 4.69) is 18.0 Å². The Kier molecular flexibility index (Phi) is 36.2. The summed E-state index contributed by atoms with van der Waals surface area (Å²) in [6.07, 6.45) is 36.8. The Bertz CT molecular complexity index is 542. The van der Waals surface area contributed by atoms with E-state index in [1.54, 1.807) is 0 Å². The molecular formula is C32H65KO4S. The van der Waals surface area contributed by atoms with Gasteiger partial charge in [-0.15, -0.1) is 0 Å². The van der Waals surface area contributed by atoms with Gasteiger partial charge in [0.15, 0.2) is 0 Å². The van der Waals surface area contributed by atoms with Crippen LogP contribution in [0.2, 0.25) is 0 Å². The van der Waals surface area contributed by atoms with Crippen molar-refractivity contribution in [2.24, 2.45) is 5.92 Å². The molecule has 1 atom stereocenters. The third kappa shape index (κ3) is 35.5. The summed E-state index contributed by atoms with van der Waals surface area (Å²) >= 11 is 0. The summed E-state index contributed by atoms with van der Waals surface area (Å²) in [4.78, 5) is 0. The third-order valence-electron chi connectivity index (χ3n) is 7.88. The molecule has 0 aliphatic heterocycles. The molecule has 0 saturated carbocycles. The van der Waals surface area contributed by atoms with Crippen molar-refractivity contribution >= 4 is 10.4 Å². The Morgan fingerprint density at radius 2 is 0.711 bits per heavy atom. The fraction of sp³-hybridized carbons (Fsp3) is 1.00. The van der Waals surface area contributed by atoms with Crippen molar-refractivity contribution in [3.05, 3.63) is 0 Å². The fourth-order valence-corrected chi connectivity index (χ4v) is 5.75. The molecule has 4 nitrogen and oxygen atoms in total. The zero-order valence-corrected chi connectivity index (χ0v) is 30.1. The van der Waals surface area contributed by atoms with Crippen molar-refractivity contribution in [1.29, 1.82) is 0 Å². The van der Waals surface area contributed by atoms with Gasteiger partial charge in [-0.2, -0.15) is 0 Å². The molecule has 0 bridgehead atoms. The smallest absolute Gasteiger partial charge is 0.726 e. The summed E-state index contributed by atoms with van der Waals surface area (Å²) < 4.78 is 37.3. The Hall–Kier alpha value is 1.51. The van der Waals surface area contributed by atoms with Crippen LogP contribution in [-0.2, 0) is 14.6 Å². The molecule has 0 amide bonds. The van der Waals surface area contributed by atoms with Crippen LogP contribution in [0.1, 0.15) is 194 Å². The molecule has 0 spiro atoms. The molecule has 6 heteroatoms. The number of hydrogen-bond acceptors (Lipinski definition) is 4. The quantitative estimate of drug-likeness (QED) is 0.0358. The second kappa shape index (κ2) is 33.0. The molecule has 0 heterocycles. The van der Waals surface area contributed by atoms with Crippen LogP contribution < -0.4 is 51.4 Å². The minimum Gasteiger partial charge on any atom is -0.726 e. The van der Waals surface area contributed by atoms with E-state index < -0.39 is 10.4 Å². The van der Waals surface area contributed by atoms with Crippen molar-refractivity contribution in [3.8, 4) is 0 Å². The van der Waals surface area contributed by atoms with E-state index in [-0.39, 0.29) is 63.9 Å². The molecule has 0 radical (unpaired) electrons. The van der Waals surface area contributed by atoms with Crippen LogP contribution in [0, 0.1) is 5.92 Å². The SMILES string of the molecule is CCCCCCCCCCCCCCCCCCCCCC(CCCCCCCCC)COS(=O)(=O)[O-].[K+]. The summed E-state index contributed by atoms with van der Waals surface area (Å²) in [7, 11) is -4.58. The maximum absolute atomic E-state index is 10.9. The fourth-order valence-electron chi connectivity index (χ4n) is 5.39. The van der Waals surface area contributed by atoms with Crippen molar-refractivity contribution in [2.45, 2.75) is 194 Å². The standard InChI is InChI=1S/C32H66O4S.K/c1-3-5-7-9-11-12-13-14-15-16-17-18-19-20-21-22-24-26-28-30-32(31-36-37(33,34)35)29-27-25-23-10-8-6-4-2;/h32H,3-31H2,1-2H3,(H,33,34,35);/q;+1/p-1. The van der Waals surface area contributed by atoms with Gasteiger partial charge < -0.3 is 4.55 Å². The summed E-state index contributed by atoms with van der Waals surface area (Å²) in [5.41, 5.74) is 0. The minimum atomic E-state index is -4.58. The molecule has 0 N–H and O–H groups in total. The Morgan fingerprint density at radius 1 is 0.474 bits per heavy atom. The van der Waals surface area contributed by atoms with E-state index in [1.807, 2.05) is 0 Å². The first kappa shape index (κ1) is 41.6. The zero-order chi connectivity index (χ0) is 27.3. The van der Waals surface area contributed by atoms with E-state index >= 15 is 0 Å². The van der Waals surface area contributed by atoms with Crippen LogP contribution in [0.3, 0.4) is 0 Å². The van der Waals surface area contributed by atoms with E-state index in [0.717, 1.165) is 25.7 Å². The third-order valence-corrected chi connectivity index (χ3v) is 8.30. The monoisotopic (exact) mass is 584 g/mol. The topological polar surface area (TPSA) is 66.4 Å². The van der Waals surface area contributed by atoms with Gasteiger partial charge in [-0.05, 0) is 18.8 Å². The number of unbranched alkanes of at least 4 members (excludes halogenated alkanes) is 24. The molecular weight excluding hydrogens is 520 g/mol. The average Bonchev–Trinajstić information content (AvgIpc) is 2.87. The van der Waals surface area contributed by atoms with E-state index in [1.165, 1.54) is 154 Å². The van der Waals surface area contributed by atoms with Gasteiger partial charge in [0.05, 0.1) is 6.61 Å². The van der Waals surface area contributed by atoms with Gasteiger partial charge in [-0.3, -0.25) is 4.18 Å². The first-order valence-electron chi connectivity index (χ1n) is 16.6. The van der Waals surface area contributed by atoms with Crippen molar-refractivity contribution in [1.82, 2.24) is 0 Å². The van der Waals surface area contributed by atoms with Gasteiger partial charge in [-0.25, -0.2) is 8.42 Å². The second-order valence-electron chi connectivity index (χ2n) is 11.6. The van der Waals surface area contributed by atoms with Crippen LogP contribution >= 0.6 is 0 Å². The summed E-state index contributed by atoms with van der Waals surface area (Å²) in [5.74, 6) is 0.199. The van der Waals surface area contributed by atoms with Gasteiger partial charge >= 0.3 is 51.4 Å². The van der Waals surface area contributed by atoms with Crippen LogP contribution in [0.4, 0.5) is 0 Å². The minimum absolute atomic E-state index is 0. The van der Waals surface area contributed by atoms with Crippen molar-refractivity contribution in [2.75, 3.05) is 6.61 Å². The van der Waals surface area contributed by atoms with Crippen LogP contribution in [-0.4, -0.2) is 19.6 Å². The van der Waals surface area contributed by atoms with Gasteiger partial charge in [0.2, 0.25) is 10.4 Å². The Labute approximate surface area is 282 Å². The normalized spacial score (nSPS) is 12.5.